The molecule has 3 heterocycles. The zero-order chi connectivity index (χ0) is 22.9. The SMILES string of the molecule is CCCn1ncc2c(C(=O)Nc3ccc(N(C)Cc4cnn(C)c4)cc3)cc(C3CC3)nc21. The first-order chi connectivity index (χ1) is 16.0. The van der Waals surface area contributed by atoms with E-state index in [0.29, 0.717) is 11.5 Å². The van der Waals surface area contributed by atoms with Crippen LogP contribution in [0.25, 0.3) is 11.0 Å². The zero-order valence-corrected chi connectivity index (χ0v) is 19.3. The molecule has 1 aliphatic rings. The van der Waals surface area contributed by atoms with E-state index in [1.807, 2.05) is 61.5 Å². The van der Waals surface area contributed by atoms with Crippen LogP contribution in [-0.4, -0.2) is 37.5 Å². The Labute approximate surface area is 193 Å². The van der Waals surface area contributed by atoms with Gasteiger partial charge in [0.05, 0.1) is 23.3 Å². The number of aromatic nitrogens is 5. The first-order valence-electron chi connectivity index (χ1n) is 11.5. The lowest BCUT2D eigenvalue weighted by atomic mass is 10.1. The lowest BCUT2D eigenvalue weighted by Crippen LogP contribution is -2.16. The van der Waals surface area contributed by atoms with Crippen molar-refractivity contribution in [1.29, 1.82) is 0 Å². The van der Waals surface area contributed by atoms with Crippen LogP contribution in [0.15, 0.2) is 48.9 Å². The Morgan fingerprint density at radius 2 is 1.97 bits per heavy atom. The molecule has 0 atom stereocenters. The van der Waals surface area contributed by atoms with Crippen molar-refractivity contribution in [1.82, 2.24) is 24.5 Å². The maximum absolute atomic E-state index is 13.3. The van der Waals surface area contributed by atoms with Crippen molar-refractivity contribution >= 4 is 28.3 Å². The Kier molecular flexibility index (Phi) is 5.58. The van der Waals surface area contributed by atoms with Crippen molar-refractivity contribution in [3.8, 4) is 0 Å². The van der Waals surface area contributed by atoms with E-state index in [1.54, 1.807) is 10.9 Å². The van der Waals surface area contributed by atoms with Gasteiger partial charge in [0.1, 0.15) is 0 Å². The van der Waals surface area contributed by atoms with E-state index in [2.05, 4.69) is 27.3 Å². The summed E-state index contributed by atoms with van der Waals surface area (Å²) in [4.78, 5) is 20.3. The van der Waals surface area contributed by atoms with Gasteiger partial charge in [0.2, 0.25) is 0 Å². The first-order valence-corrected chi connectivity index (χ1v) is 11.5. The minimum absolute atomic E-state index is 0.128. The second-order valence-electron chi connectivity index (χ2n) is 8.85. The number of aryl methyl sites for hydroxylation is 2. The summed E-state index contributed by atoms with van der Waals surface area (Å²) in [6.45, 7) is 3.67. The van der Waals surface area contributed by atoms with Gasteiger partial charge in [0.15, 0.2) is 5.65 Å². The van der Waals surface area contributed by atoms with Crippen molar-refractivity contribution in [3.63, 3.8) is 0 Å². The number of hydrogen-bond donors (Lipinski definition) is 1. The number of hydrogen-bond acceptors (Lipinski definition) is 5. The molecular formula is C25H29N7O. The lowest BCUT2D eigenvalue weighted by molar-refractivity contribution is 0.102. The number of nitrogens with zero attached hydrogens (tertiary/aromatic N) is 6. The minimum Gasteiger partial charge on any atom is -0.370 e. The van der Waals surface area contributed by atoms with Crippen LogP contribution in [-0.2, 0) is 20.1 Å². The monoisotopic (exact) mass is 443 g/mol. The van der Waals surface area contributed by atoms with E-state index >= 15 is 0 Å². The number of nitrogens with one attached hydrogen (secondary N) is 1. The zero-order valence-electron chi connectivity index (χ0n) is 19.3. The fraction of sp³-hybridized carbons (Fsp3) is 0.360. The molecule has 1 N–H and O–H groups in total. The summed E-state index contributed by atoms with van der Waals surface area (Å²) in [6.07, 6.45) is 8.89. The van der Waals surface area contributed by atoms with Gasteiger partial charge in [0, 0.05) is 61.9 Å². The van der Waals surface area contributed by atoms with Crippen LogP contribution in [0, 0.1) is 0 Å². The molecule has 1 aromatic carbocycles. The Hall–Kier alpha value is -3.68. The second-order valence-corrected chi connectivity index (χ2v) is 8.85. The molecule has 5 rings (SSSR count). The van der Waals surface area contributed by atoms with Gasteiger partial charge in [-0.3, -0.25) is 9.48 Å². The maximum atomic E-state index is 13.3. The lowest BCUT2D eigenvalue weighted by Gasteiger charge is -2.19. The Morgan fingerprint density at radius 1 is 1.18 bits per heavy atom. The fourth-order valence-electron chi connectivity index (χ4n) is 4.13. The van der Waals surface area contributed by atoms with Crippen molar-refractivity contribution in [2.24, 2.45) is 7.05 Å². The highest BCUT2D eigenvalue weighted by molar-refractivity contribution is 6.12. The number of carbonyl (C=O) groups is 1. The highest BCUT2D eigenvalue weighted by Gasteiger charge is 2.28. The predicted octanol–water partition coefficient (Wildman–Crippen LogP) is 4.34. The van der Waals surface area contributed by atoms with Crippen molar-refractivity contribution < 1.29 is 4.79 Å². The molecule has 170 valence electrons. The molecule has 0 unspecified atom stereocenters. The van der Waals surface area contributed by atoms with Crippen molar-refractivity contribution in [2.75, 3.05) is 17.3 Å². The molecule has 0 aliphatic heterocycles. The summed E-state index contributed by atoms with van der Waals surface area (Å²) in [5, 5.41) is 12.6. The summed E-state index contributed by atoms with van der Waals surface area (Å²) in [6, 6.07) is 9.86. The molecule has 1 amide bonds. The topological polar surface area (TPSA) is 80.9 Å². The molecule has 0 saturated heterocycles. The molecule has 1 aliphatic carbocycles. The Balaban J connectivity index is 1.35. The number of rotatable bonds is 8. The molecular weight excluding hydrogens is 414 g/mol. The third-order valence-electron chi connectivity index (χ3n) is 6.05. The van der Waals surface area contributed by atoms with Crippen molar-refractivity contribution in [3.05, 3.63) is 65.7 Å². The Bertz CT molecular complexity index is 1280. The molecule has 1 saturated carbocycles. The molecule has 1 fully saturated rings. The molecule has 33 heavy (non-hydrogen) atoms. The van der Waals surface area contributed by atoms with Crippen molar-refractivity contribution in [2.45, 2.75) is 45.2 Å². The summed E-state index contributed by atoms with van der Waals surface area (Å²) in [5.41, 5.74) is 5.42. The molecule has 0 spiro atoms. The van der Waals surface area contributed by atoms with Crippen LogP contribution in [0.2, 0.25) is 0 Å². The van der Waals surface area contributed by atoms with Crippen LogP contribution in [0.5, 0.6) is 0 Å². The normalized spacial score (nSPS) is 13.4. The smallest absolute Gasteiger partial charge is 0.256 e. The predicted molar refractivity (Wildman–Crippen MR) is 130 cm³/mol. The van der Waals surface area contributed by atoms with Gasteiger partial charge in [0.25, 0.3) is 5.91 Å². The van der Waals surface area contributed by atoms with Crippen LogP contribution < -0.4 is 10.2 Å². The first kappa shape index (κ1) is 21.2. The Morgan fingerprint density at radius 3 is 2.64 bits per heavy atom. The van der Waals surface area contributed by atoms with Crippen LogP contribution in [0.4, 0.5) is 11.4 Å². The van der Waals surface area contributed by atoms with Gasteiger partial charge in [-0.1, -0.05) is 6.92 Å². The molecule has 4 aromatic rings. The molecule has 8 nitrogen and oxygen atoms in total. The number of pyridine rings is 1. The van der Waals surface area contributed by atoms with Gasteiger partial charge in [-0.2, -0.15) is 10.2 Å². The molecule has 8 heteroatoms. The van der Waals surface area contributed by atoms with E-state index in [1.165, 1.54) is 0 Å². The molecule has 3 aromatic heterocycles. The fourth-order valence-corrected chi connectivity index (χ4v) is 4.13. The quantitative estimate of drug-likeness (QED) is 0.438. The second kappa shape index (κ2) is 8.69. The highest BCUT2D eigenvalue weighted by atomic mass is 16.1. The third kappa shape index (κ3) is 4.46. The van der Waals surface area contributed by atoms with E-state index in [-0.39, 0.29) is 5.91 Å². The van der Waals surface area contributed by atoms with Crippen LogP contribution in [0.3, 0.4) is 0 Å². The largest absolute Gasteiger partial charge is 0.370 e. The number of carbonyl (C=O) groups excluding carboxylic acids is 1. The number of fused-ring (bicyclic) bond motifs is 1. The van der Waals surface area contributed by atoms with E-state index < -0.39 is 0 Å². The summed E-state index contributed by atoms with van der Waals surface area (Å²) in [5.74, 6) is 0.331. The standard InChI is InChI=1S/C25H29N7O/c1-4-11-32-24-22(14-27-32)21(12-23(29-24)18-5-6-18)25(33)28-19-7-9-20(10-8-19)30(2)15-17-13-26-31(3)16-17/h7-10,12-14,16,18H,4-6,11,15H2,1-3H3,(H,28,33). The van der Waals surface area contributed by atoms with Crippen LogP contribution in [0.1, 0.15) is 53.7 Å². The van der Waals surface area contributed by atoms with E-state index in [4.69, 9.17) is 4.98 Å². The highest BCUT2D eigenvalue weighted by Crippen LogP contribution is 2.40. The minimum atomic E-state index is -0.128. The molecule has 0 bridgehead atoms. The average Bonchev–Trinajstić information content (AvgIpc) is 3.47. The van der Waals surface area contributed by atoms with Gasteiger partial charge in [-0.15, -0.1) is 0 Å². The van der Waals surface area contributed by atoms with Gasteiger partial charge >= 0.3 is 0 Å². The summed E-state index contributed by atoms with van der Waals surface area (Å²) in [7, 11) is 3.96. The van der Waals surface area contributed by atoms with Gasteiger partial charge in [-0.25, -0.2) is 9.67 Å². The number of amides is 1. The van der Waals surface area contributed by atoms with Gasteiger partial charge < -0.3 is 10.2 Å². The maximum Gasteiger partial charge on any atom is 0.256 e. The molecule has 0 radical (unpaired) electrons. The third-order valence-corrected chi connectivity index (χ3v) is 6.05. The van der Waals surface area contributed by atoms with E-state index in [9.17, 15) is 4.79 Å². The summed E-state index contributed by atoms with van der Waals surface area (Å²) >= 11 is 0. The average molecular weight is 444 g/mol. The summed E-state index contributed by atoms with van der Waals surface area (Å²) < 4.78 is 3.71. The number of benzene rings is 1. The van der Waals surface area contributed by atoms with Gasteiger partial charge in [-0.05, 0) is 49.6 Å². The van der Waals surface area contributed by atoms with Crippen LogP contribution >= 0.6 is 0 Å². The van der Waals surface area contributed by atoms with E-state index in [0.717, 1.165) is 66.0 Å². The number of anilines is 2.